The Morgan fingerprint density at radius 1 is 1.03 bits per heavy atom. The lowest BCUT2D eigenvalue weighted by Gasteiger charge is -2.18. The molecule has 0 spiro atoms. The van der Waals surface area contributed by atoms with Gasteiger partial charge < -0.3 is 15.4 Å². The number of carbonyl (C=O) groups excluding carboxylic acids is 2. The number of aromatic nitrogens is 3. The number of urea groups is 1. The SMILES string of the molecule is CCOC(=O)C(Cc1ccccc1)NC(=O)Nc1ccc(-n2[nH]c3c(cnc4c(F)cccc43)c2=O)cc1. The third-order valence-corrected chi connectivity index (χ3v) is 6.05. The summed E-state index contributed by atoms with van der Waals surface area (Å²) in [5.41, 5.74) is 2.15. The second kappa shape index (κ2) is 10.6. The van der Waals surface area contributed by atoms with Gasteiger partial charge in [0.15, 0.2) is 0 Å². The van der Waals surface area contributed by atoms with E-state index in [2.05, 4.69) is 20.7 Å². The molecule has 1 unspecified atom stereocenters. The minimum atomic E-state index is -0.866. The summed E-state index contributed by atoms with van der Waals surface area (Å²) < 4.78 is 20.6. The van der Waals surface area contributed by atoms with E-state index in [1.807, 2.05) is 30.3 Å². The van der Waals surface area contributed by atoms with Crippen LogP contribution in [0.1, 0.15) is 12.5 Å². The highest BCUT2D eigenvalue weighted by atomic mass is 19.1. The lowest BCUT2D eigenvalue weighted by molar-refractivity contribution is -0.145. The summed E-state index contributed by atoms with van der Waals surface area (Å²) in [6.45, 7) is 1.90. The zero-order valence-corrected chi connectivity index (χ0v) is 20.4. The van der Waals surface area contributed by atoms with E-state index in [1.54, 1.807) is 43.3 Å². The fourth-order valence-corrected chi connectivity index (χ4v) is 4.24. The highest BCUT2D eigenvalue weighted by Gasteiger charge is 2.22. The van der Waals surface area contributed by atoms with E-state index in [9.17, 15) is 18.8 Å². The van der Waals surface area contributed by atoms with Crippen LogP contribution in [-0.2, 0) is 16.0 Å². The predicted molar refractivity (Wildman–Crippen MR) is 142 cm³/mol. The number of ether oxygens (including phenoxy) is 1. The van der Waals surface area contributed by atoms with Crippen LogP contribution in [0.2, 0.25) is 0 Å². The van der Waals surface area contributed by atoms with Crippen LogP contribution in [0.5, 0.6) is 0 Å². The molecule has 5 aromatic rings. The van der Waals surface area contributed by atoms with Gasteiger partial charge in [-0.25, -0.2) is 18.7 Å². The van der Waals surface area contributed by atoms with Crippen LogP contribution in [0.4, 0.5) is 14.9 Å². The second-order valence-electron chi connectivity index (χ2n) is 8.57. The summed E-state index contributed by atoms with van der Waals surface area (Å²) in [5, 5.41) is 9.23. The topological polar surface area (TPSA) is 118 Å². The molecule has 38 heavy (non-hydrogen) atoms. The molecule has 0 fully saturated rings. The standard InChI is InChI=1S/C28H24FN5O4/c1-2-38-27(36)23(15-17-7-4-3-5-8-17)32-28(37)31-18-11-13-19(14-12-18)34-26(35)21-16-30-25-20(24(21)33-34)9-6-10-22(25)29/h3-14,16,23,33H,2,15H2,1H3,(H2,31,32,37). The molecule has 9 nitrogen and oxygen atoms in total. The van der Waals surface area contributed by atoms with E-state index in [1.165, 1.54) is 16.9 Å². The highest BCUT2D eigenvalue weighted by Crippen LogP contribution is 2.23. The maximum atomic E-state index is 14.1. The molecular formula is C28H24FN5O4. The number of carbonyl (C=O) groups is 2. The second-order valence-corrected chi connectivity index (χ2v) is 8.57. The van der Waals surface area contributed by atoms with Gasteiger partial charge in [0.25, 0.3) is 5.56 Å². The number of nitrogens with zero attached hydrogens (tertiary/aromatic N) is 2. The molecule has 3 aromatic carbocycles. The monoisotopic (exact) mass is 513 g/mol. The van der Waals surface area contributed by atoms with Gasteiger partial charge in [-0.1, -0.05) is 42.5 Å². The van der Waals surface area contributed by atoms with Crippen molar-refractivity contribution in [2.24, 2.45) is 0 Å². The number of aromatic amines is 1. The first-order chi connectivity index (χ1) is 18.4. The lowest BCUT2D eigenvalue weighted by atomic mass is 10.1. The van der Waals surface area contributed by atoms with Crippen LogP contribution in [0, 0.1) is 5.82 Å². The predicted octanol–water partition coefficient (Wildman–Crippen LogP) is 4.30. The van der Waals surface area contributed by atoms with Gasteiger partial charge in [0, 0.05) is 23.7 Å². The zero-order valence-electron chi connectivity index (χ0n) is 20.4. The molecule has 1 atom stereocenters. The van der Waals surface area contributed by atoms with Gasteiger partial charge in [0.05, 0.1) is 23.2 Å². The van der Waals surface area contributed by atoms with Crippen molar-refractivity contribution in [3.05, 3.63) is 101 Å². The van der Waals surface area contributed by atoms with Gasteiger partial charge in [-0.15, -0.1) is 0 Å². The van der Waals surface area contributed by atoms with Gasteiger partial charge >= 0.3 is 12.0 Å². The van der Waals surface area contributed by atoms with E-state index >= 15 is 0 Å². The molecule has 0 bridgehead atoms. The number of rotatable bonds is 7. The van der Waals surface area contributed by atoms with Gasteiger partial charge in [-0.3, -0.25) is 14.9 Å². The number of halogens is 1. The number of pyridine rings is 1. The van der Waals surface area contributed by atoms with Crippen LogP contribution >= 0.6 is 0 Å². The maximum absolute atomic E-state index is 14.1. The molecule has 0 aliphatic carbocycles. The Morgan fingerprint density at radius 3 is 2.53 bits per heavy atom. The summed E-state index contributed by atoms with van der Waals surface area (Å²) in [6.07, 6.45) is 1.63. The van der Waals surface area contributed by atoms with Crippen molar-refractivity contribution >= 4 is 39.5 Å². The van der Waals surface area contributed by atoms with Crippen LogP contribution < -0.4 is 16.2 Å². The number of nitrogens with one attached hydrogen (secondary N) is 3. The van der Waals surface area contributed by atoms with Crippen molar-refractivity contribution in [1.82, 2.24) is 20.1 Å². The largest absolute Gasteiger partial charge is 0.464 e. The average Bonchev–Trinajstić information content (AvgIpc) is 3.26. The molecule has 0 saturated carbocycles. The number of amides is 2. The van der Waals surface area contributed by atoms with Gasteiger partial charge in [0.2, 0.25) is 0 Å². The van der Waals surface area contributed by atoms with Crippen molar-refractivity contribution < 1.29 is 18.7 Å². The Hall–Kier alpha value is -4.99. The molecule has 10 heteroatoms. The number of anilines is 1. The van der Waals surface area contributed by atoms with Crippen molar-refractivity contribution in [3.63, 3.8) is 0 Å². The molecule has 2 aromatic heterocycles. The van der Waals surface area contributed by atoms with Crippen LogP contribution in [0.3, 0.4) is 0 Å². The number of hydrogen-bond acceptors (Lipinski definition) is 5. The minimum absolute atomic E-state index is 0.173. The van der Waals surface area contributed by atoms with E-state index in [0.29, 0.717) is 27.7 Å². The fraction of sp³-hybridized carbons (Fsp3) is 0.143. The Balaban J connectivity index is 1.33. The van der Waals surface area contributed by atoms with Crippen molar-refractivity contribution in [2.45, 2.75) is 19.4 Å². The summed E-state index contributed by atoms with van der Waals surface area (Å²) >= 11 is 0. The van der Waals surface area contributed by atoms with Crippen molar-refractivity contribution in [3.8, 4) is 5.69 Å². The zero-order chi connectivity index (χ0) is 26.6. The Bertz CT molecular complexity index is 1680. The van der Waals surface area contributed by atoms with Gasteiger partial charge in [0.1, 0.15) is 17.4 Å². The normalized spacial score (nSPS) is 11.8. The Kier molecular flexibility index (Phi) is 6.86. The first-order valence-electron chi connectivity index (χ1n) is 12.0. The molecule has 0 saturated heterocycles. The summed E-state index contributed by atoms with van der Waals surface area (Å²) in [6, 6.07) is 19.0. The Labute approximate surface area is 216 Å². The molecule has 0 aliphatic heterocycles. The number of esters is 1. The van der Waals surface area contributed by atoms with Crippen LogP contribution in [0.25, 0.3) is 27.5 Å². The maximum Gasteiger partial charge on any atom is 0.329 e. The summed E-state index contributed by atoms with van der Waals surface area (Å²) in [7, 11) is 0. The van der Waals surface area contributed by atoms with E-state index in [-0.39, 0.29) is 24.1 Å². The first kappa shape index (κ1) is 24.7. The highest BCUT2D eigenvalue weighted by molar-refractivity contribution is 6.03. The number of fused-ring (bicyclic) bond motifs is 3. The average molecular weight is 514 g/mol. The first-order valence-corrected chi connectivity index (χ1v) is 12.0. The fourth-order valence-electron chi connectivity index (χ4n) is 4.24. The number of benzene rings is 3. The lowest BCUT2D eigenvalue weighted by Crippen LogP contribution is -2.45. The summed E-state index contributed by atoms with van der Waals surface area (Å²) in [4.78, 5) is 42.2. The molecule has 2 heterocycles. The quantitative estimate of drug-likeness (QED) is 0.281. The van der Waals surface area contributed by atoms with E-state index in [4.69, 9.17) is 4.74 Å². The molecule has 3 N–H and O–H groups in total. The third kappa shape index (κ3) is 4.96. The van der Waals surface area contributed by atoms with Gasteiger partial charge in [-0.05, 0) is 42.8 Å². The van der Waals surface area contributed by atoms with E-state index < -0.39 is 23.9 Å². The molecular weight excluding hydrogens is 489 g/mol. The molecule has 192 valence electrons. The van der Waals surface area contributed by atoms with Crippen molar-refractivity contribution in [2.75, 3.05) is 11.9 Å². The smallest absolute Gasteiger partial charge is 0.329 e. The van der Waals surface area contributed by atoms with Crippen LogP contribution in [-0.4, -0.2) is 39.4 Å². The molecule has 0 radical (unpaired) electrons. The third-order valence-electron chi connectivity index (χ3n) is 6.05. The van der Waals surface area contributed by atoms with Gasteiger partial charge in [-0.2, -0.15) is 0 Å². The number of H-pyrrole nitrogens is 1. The number of hydrogen-bond donors (Lipinski definition) is 3. The molecule has 5 rings (SSSR count). The Morgan fingerprint density at radius 2 is 1.79 bits per heavy atom. The molecule has 0 aliphatic rings. The minimum Gasteiger partial charge on any atom is -0.464 e. The van der Waals surface area contributed by atoms with Crippen molar-refractivity contribution in [1.29, 1.82) is 0 Å². The summed E-state index contributed by atoms with van der Waals surface area (Å²) in [5.74, 6) is -0.998. The number of para-hydroxylation sites is 1. The molecule has 2 amide bonds. The van der Waals surface area contributed by atoms with E-state index in [0.717, 1.165) is 5.56 Å². The van der Waals surface area contributed by atoms with Crippen LogP contribution in [0.15, 0.2) is 83.8 Å².